The highest BCUT2D eigenvalue weighted by molar-refractivity contribution is 5.14. The zero-order valence-electron chi connectivity index (χ0n) is 8.02. The maximum Gasteiger partial charge on any atom is 0.0514 e. The Labute approximate surface area is 69.2 Å². The molecule has 0 amide bonds. The molecule has 2 aliphatic rings. The number of likely N-dealkylation sites (N-methyl/N-ethyl adjacent to an activating group) is 1. The van der Waals surface area contributed by atoms with E-state index in [0.29, 0.717) is 11.1 Å². The molecule has 1 unspecified atom stereocenters. The van der Waals surface area contributed by atoms with Crippen LogP contribution in [0.5, 0.6) is 0 Å². The van der Waals surface area contributed by atoms with Crippen LogP contribution in [-0.2, 0) is 0 Å². The molecule has 2 fully saturated rings. The molecule has 0 radical (unpaired) electrons. The van der Waals surface area contributed by atoms with E-state index in [0.717, 1.165) is 6.67 Å². The van der Waals surface area contributed by atoms with Crippen LogP contribution >= 0.6 is 0 Å². The highest BCUT2D eigenvalue weighted by atomic mass is 15.5. The molecule has 0 bridgehead atoms. The molecule has 64 valence electrons. The van der Waals surface area contributed by atoms with Crippen LogP contribution in [0.15, 0.2) is 0 Å². The van der Waals surface area contributed by atoms with Gasteiger partial charge in [0, 0.05) is 17.6 Å². The Morgan fingerprint density at radius 1 is 1.18 bits per heavy atom. The van der Waals surface area contributed by atoms with Gasteiger partial charge in [0.05, 0.1) is 6.67 Å². The molecule has 1 atom stereocenters. The molecule has 0 aromatic heterocycles. The monoisotopic (exact) mass is 154 g/mol. The van der Waals surface area contributed by atoms with E-state index < -0.39 is 0 Å². The van der Waals surface area contributed by atoms with Gasteiger partial charge in [0.15, 0.2) is 0 Å². The van der Waals surface area contributed by atoms with E-state index in [1.165, 1.54) is 13.0 Å². The SMILES string of the molecule is CN1CN2CCC2(C)C1(C)C. The van der Waals surface area contributed by atoms with Gasteiger partial charge in [-0.1, -0.05) is 0 Å². The molecule has 2 heteroatoms. The third-order valence-electron chi connectivity index (χ3n) is 4.22. The first-order valence-corrected chi connectivity index (χ1v) is 4.45. The van der Waals surface area contributed by atoms with Gasteiger partial charge in [-0.3, -0.25) is 9.80 Å². The molecule has 2 rings (SSSR count). The normalized spacial score (nSPS) is 43.6. The summed E-state index contributed by atoms with van der Waals surface area (Å²) in [5, 5.41) is 0. The summed E-state index contributed by atoms with van der Waals surface area (Å²) in [6, 6.07) is 0. The Hall–Kier alpha value is -0.0800. The standard InChI is InChI=1S/C9H18N2/c1-8(2)9(3)5-6-11(9)7-10(8)4/h5-7H2,1-4H3. The van der Waals surface area contributed by atoms with Crippen molar-refractivity contribution in [1.82, 2.24) is 9.80 Å². The Morgan fingerprint density at radius 2 is 1.82 bits per heavy atom. The Kier molecular flexibility index (Phi) is 1.24. The van der Waals surface area contributed by atoms with Gasteiger partial charge in [-0.15, -0.1) is 0 Å². The van der Waals surface area contributed by atoms with Crippen molar-refractivity contribution in [2.24, 2.45) is 0 Å². The molecule has 0 N–H and O–H groups in total. The summed E-state index contributed by atoms with van der Waals surface area (Å²) < 4.78 is 0. The molecule has 0 aromatic rings. The summed E-state index contributed by atoms with van der Waals surface area (Å²) in [6.07, 6.45) is 1.37. The van der Waals surface area contributed by atoms with Crippen LogP contribution in [0.3, 0.4) is 0 Å². The largest absolute Gasteiger partial charge is 0.287 e. The number of fused-ring (bicyclic) bond motifs is 1. The van der Waals surface area contributed by atoms with Crippen molar-refractivity contribution in [2.45, 2.75) is 38.3 Å². The minimum Gasteiger partial charge on any atom is -0.287 e. The van der Waals surface area contributed by atoms with Gasteiger partial charge in [0.25, 0.3) is 0 Å². The number of hydrogen-bond acceptors (Lipinski definition) is 2. The number of nitrogens with zero attached hydrogens (tertiary/aromatic N) is 2. The Balaban J connectivity index is 2.31. The van der Waals surface area contributed by atoms with Gasteiger partial charge >= 0.3 is 0 Å². The summed E-state index contributed by atoms with van der Waals surface area (Å²) in [5.41, 5.74) is 0.826. The topological polar surface area (TPSA) is 6.48 Å². The van der Waals surface area contributed by atoms with Crippen LogP contribution in [0, 0.1) is 0 Å². The number of rotatable bonds is 0. The van der Waals surface area contributed by atoms with E-state index in [9.17, 15) is 0 Å². The Morgan fingerprint density at radius 3 is 2.00 bits per heavy atom. The predicted molar refractivity (Wildman–Crippen MR) is 46.4 cm³/mol. The van der Waals surface area contributed by atoms with E-state index in [2.05, 4.69) is 37.6 Å². The fraction of sp³-hybridized carbons (Fsp3) is 1.00. The molecule has 0 saturated carbocycles. The lowest BCUT2D eigenvalue weighted by Gasteiger charge is -2.52. The van der Waals surface area contributed by atoms with Crippen LogP contribution in [0.1, 0.15) is 27.2 Å². The van der Waals surface area contributed by atoms with E-state index >= 15 is 0 Å². The van der Waals surface area contributed by atoms with Gasteiger partial charge < -0.3 is 0 Å². The highest BCUT2D eigenvalue weighted by Crippen LogP contribution is 2.47. The Bertz CT molecular complexity index is 178. The first-order chi connectivity index (χ1) is 4.98. The third kappa shape index (κ3) is 0.651. The van der Waals surface area contributed by atoms with Gasteiger partial charge in [-0.2, -0.15) is 0 Å². The lowest BCUT2D eigenvalue weighted by Crippen LogP contribution is -2.63. The molecular formula is C9H18N2. The van der Waals surface area contributed by atoms with Crippen LogP contribution in [0.2, 0.25) is 0 Å². The summed E-state index contributed by atoms with van der Waals surface area (Å²) >= 11 is 0. The second kappa shape index (κ2) is 1.80. The van der Waals surface area contributed by atoms with Crippen molar-refractivity contribution in [2.75, 3.05) is 20.3 Å². The molecule has 0 spiro atoms. The second-order valence-electron chi connectivity index (χ2n) is 4.69. The molecular weight excluding hydrogens is 136 g/mol. The fourth-order valence-electron chi connectivity index (χ4n) is 2.37. The summed E-state index contributed by atoms with van der Waals surface area (Å²) in [6.45, 7) is 9.55. The van der Waals surface area contributed by atoms with Crippen LogP contribution in [0.4, 0.5) is 0 Å². The van der Waals surface area contributed by atoms with Crippen LogP contribution < -0.4 is 0 Å². The van der Waals surface area contributed by atoms with Crippen molar-refractivity contribution in [1.29, 1.82) is 0 Å². The minimum absolute atomic E-state index is 0.366. The maximum atomic E-state index is 2.58. The summed E-state index contributed by atoms with van der Waals surface area (Å²) in [4.78, 5) is 5.03. The maximum absolute atomic E-state index is 2.58. The first-order valence-electron chi connectivity index (χ1n) is 4.45. The molecule has 11 heavy (non-hydrogen) atoms. The van der Waals surface area contributed by atoms with Gasteiger partial charge in [0.2, 0.25) is 0 Å². The van der Waals surface area contributed by atoms with E-state index in [-0.39, 0.29) is 0 Å². The summed E-state index contributed by atoms with van der Waals surface area (Å²) in [7, 11) is 2.23. The molecule has 0 aromatic carbocycles. The predicted octanol–water partition coefficient (Wildman–Crippen LogP) is 1.13. The summed E-state index contributed by atoms with van der Waals surface area (Å²) in [5.74, 6) is 0. The van der Waals surface area contributed by atoms with Crippen molar-refractivity contribution in [3.63, 3.8) is 0 Å². The van der Waals surface area contributed by atoms with Gasteiger partial charge in [-0.05, 0) is 34.2 Å². The highest BCUT2D eigenvalue weighted by Gasteiger charge is 2.58. The number of hydrogen-bond donors (Lipinski definition) is 0. The van der Waals surface area contributed by atoms with Crippen LogP contribution in [-0.4, -0.2) is 41.1 Å². The molecule has 2 saturated heterocycles. The zero-order valence-corrected chi connectivity index (χ0v) is 8.02. The van der Waals surface area contributed by atoms with Crippen molar-refractivity contribution in [3.8, 4) is 0 Å². The minimum atomic E-state index is 0.366. The van der Waals surface area contributed by atoms with Gasteiger partial charge in [0.1, 0.15) is 0 Å². The van der Waals surface area contributed by atoms with Gasteiger partial charge in [-0.25, -0.2) is 0 Å². The third-order valence-corrected chi connectivity index (χ3v) is 4.22. The quantitative estimate of drug-likeness (QED) is 0.516. The second-order valence-corrected chi connectivity index (χ2v) is 4.69. The zero-order chi connectivity index (χ0) is 8.28. The van der Waals surface area contributed by atoms with E-state index in [1.807, 2.05) is 0 Å². The lowest BCUT2D eigenvalue weighted by molar-refractivity contribution is 0.00603. The average molecular weight is 154 g/mol. The average Bonchev–Trinajstić information content (AvgIpc) is 2.02. The molecule has 2 heterocycles. The first kappa shape index (κ1) is 7.56. The fourth-order valence-corrected chi connectivity index (χ4v) is 2.37. The van der Waals surface area contributed by atoms with Crippen LogP contribution in [0.25, 0.3) is 0 Å². The molecule has 0 aliphatic carbocycles. The molecule has 2 aliphatic heterocycles. The van der Waals surface area contributed by atoms with Crippen molar-refractivity contribution in [3.05, 3.63) is 0 Å². The van der Waals surface area contributed by atoms with Crippen molar-refractivity contribution >= 4 is 0 Å². The van der Waals surface area contributed by atoms with Crippen molar-refractivity contribution < 1.29 is 0 Å². The van der Waals surface area contributed by atoms with E-state index in [1.54, 1.807) is 0 Å². The molecule has 2 nitrogen and oxygen atoms in total. The smallest absolute Gasteiger partial charge is 0.0514 e. The lowest BCUT2D eigenvalue weighted by atomic mass is 9.73. The van der Waals surface area contributed by atoms with E-state index in [4.69, 9.17) is 0 Å².